The third kappa shape index (κ3) is 3.03. The van der Waals surface area contributed by atoms with Crippen LogP contribution < -0.4 is 14.8 Å². The minimum Gasteiger partial charge on any atom is -0.454 e. The van der Waals surface area contributed by atoms with E-state index in [0.717, 1.165) is 11.3 Å². The predicted molar refractivity (Wildman–Crippen MR) is 77.8 cm³/mol. The first-order valence-electron chi connectivity index (χ1n) is 6.94. The fraction of sp³-hybridized carbons (Fsp3) is 0.400. The smallest absolute Gasteiger partial charge is 0.322 e. The van der Waals surface area contributed by atoms with Gasteiger partial charge >= 0.3 is 6.01 Å². The van der Waals surface area contributed by atoms with Gasteiger partial charge in [0.15, 0.2) is 11.5 Å². The molecule has 0 spiro atoms. The van der Waals surface area contributed by atoms with Crippen LogP contribution in [0.4, 0.5) is 6.01 Å². The second-order valence-corrected chi connectivity index (χ2v) is 6.07. The molecule has 0 atom stereocenters. The topological polar surface area (TPSA) is 86.5 Å². The predicted octanol–water partition coefficient (Wildman–Crippen LogP) is 2.37. The summed E-state index contributed by atoms with van der Waals surface area (Å²) in [6.45, 7) is 5.67. The molecule has 116 valence electrons. The number of hydrogen-bond donors (Lipinski definition) is 1. The summed E-state index contributed by atoms with van der Waals surface area (Å²) in [6, 6.07) is 5.73. The zero-order valence-electron chi connectivity index (χ0n) is 12.7. The average molecular weight is 303 g/mol. The van der Waals surface area contributed by atoms with Crippen molar-refractivity contribution in [3.05, 3.63) is 29.7 Å². The van der Waals surface area contributed by atoms with E-state index in [1.165, 1.54) is 0 Å². The molecule has 22 heavy (non-hydrogen) atoms. The summed E-state index contributed by atoms with van der Waals surface area (Å²) in [6.07, 6.45) is 0.453. The Balaban J connectivity index is 1.68. The number of aromatic nitrogens is 2. The first-order valence-corrected chi connectivity index (χ1v) is 6.94. The van der Waals surface area contributed by atoms with E-state index in [2.05, 4.69) is 15.5 Å². The third-order valence-corrected chi connectivity index (χ3v) is 3.16. The summed E-state index contributed by atoms with van der Waals surface area (Å²) in [7, 11) is 0. The first kappa shape index (κ1) is 14.4. The van der Waals surface area contributed by atoms with Gasteiger partial charge < -0.3 is 13.9 Å². The summed E-state index contributed by atoms with van der Waals surface area (Å²) in [5, 5.41) is 10.4. The number of carbonyl (C=O) groups excluding carboxylic acids is 1. The highest BCUT2D eigenvalue weighted by atomic mass is 16.7. The Bertz CT molecular complexity index is 703. The lowest BCUT2D eigenvalue weighted by atomic mass is 9.96. The quantitative estimate of drug-likeness (QED) is 0.936. The fourth-order valence-corrected chi connectivity index (χ4v) is 1.89. The summed E-state index contributed by atoms with van der Waals surface area (Å²) in [4.78, 5) is 11.9. The molecule has 1 aliphatic rings. The van der Waals surface area contributed by atoms with Gasteiger partial charge in [-0.1, -0.05) is 31.9 Å². The number of rotatable bonds is 3. The van der Waals surface area contributed by atoms with Crippen LogP contribution >= 0.6 is 0 Å². The summed E-state index contributed by atoms with van der Waals surface area (Å²) < 4.78 is 16.0. The van der Waals surface area contributed by atoms with Crippen LogP contribution in [0.1, 0.15) is 32.2 Å². The number of nitrogens with zero attached hydrogens (tertiary/aromatic N) is 2. The van der Waals surface area contributed by atoms with Gasteiger partial charge in [-0.25, -0.2) is 0 Å². The maximum atomic E-state index is 11.9. The molecule has 0 radical (unpaired) electrons. The molecular formula is C15H17N3O4. The highest BCUT2D eigenvalue weighted by Gasteiger charge is 2.23. The van der Waals surface area contributed by atoms with E-state index in [1.54, 1.807) is 0 Å². The fourth-order valence-electron chi connectivity index (χ4n) is 1.89. The van der Waals surface area contributed by atoms with Crippen LogP contribution in [0, 0.1) is 5.41 Å². The molecule has 0 saturated heterocycles. The van der Waals surface area contributed by atoms with Gasteiger partial charge in [0.1, 0.15) is 0 Å². The molecule has 0 fully saturated rings. The lowest BCUT2D eigenvalue weighted by Crippen LogP contribution is -2.27. The number of anilines is 1. The molecule has 1 N–H and O–H groups in total. The van der Waals surface area contributed by atoms with E-state index in [9.17, 15) is 4.79 Å². The van der Waals surface area contributed by atoms with Gasteiger partial charge in [-0.05, 0) is 17.7 Å². The second-order valence-electron chi connectivity index (χ2n) is 6.07. The van der Waals surface area contributed by atoms with Crippen molar-refractivity contribution in [3.63, 3.8) is 0 Å². The molecule has 7 nitrogen and oxygen atoms in total. The number of hydrogen-bond acceptors (Lipinski definition) is 6. The van der Waals surface area contributed by atoms with E-state index in [-0.39, 0.29) is 18.7 Å². The maximum Gasteiger partial charge on any atom is 0.322 e. The van der Waals surface area contributed by atoms with Gasteiger partial charge in [0, 0.05) is 5.41 Å². The minimum absolute atomic E-state index is 0.107. The molecule has 0 saturated carbocycles. The molecule has 0 bridgehead atoms. The number of ether oxygens (including phenoxy) is 2. The highest BCUT2D eigenvalue weighted by molar-refractivity contribution is 5.92. The van der Waals surface area contributed by atoms with Crippen molar-refractivity contribution in [1.29, 1.82) is 0 Å². The zero-order valence-corrected chi connectivity index (χ0v) is 12.7. The Kier molecular flexibility index (Phi) is 3.48. The van der Waals surface area contributed by atoms with Crippen molar-refractivity contribution >= 4 is 11.9 Å². The molecule has 1 amide bonds. The van der Waals surface area contributed by atoms with E-state index in [0.29, 0.717) is 18.1 Å². The molecule has 1 aromatic carbocycles. The second kappa shape index (κ2) is 5.32. The van der Waals surface area contributed by atoms with Crippen LogP contribution in [0.5, 0.6) is 11.5 Å². The third-order valence-electron chi connectivity index (χ3n) is 3.16. The van der Waals surface area contributed by atoms with Gasteiger partial charge in [0.2, 0.25) is 18.6 Å². The summed E-state index contributed by atoms with van der Waals surface area (Å²) in [5.41, 5.74) is 0.438. The van der Waals surface area contributed by atoms with Crippen molar-refractivity contribution < 1.29 is 18.7 Å². The SMILES string of the molecule is CC(C)(C)C(=O)Nc1nnc(Cc2ccc3c(c2)OCO3)o1. The van der Waals surface area contributed by atoms with Crippen molar-refractivity contribution in [1.82, 2.24) is 10.2 Å². The Labute approximate surface area is 127 Å². The van der Waals surface area contributed by atoms with Gasteiger partial charge in [-0.3, -0.25) is 10.1 Å². The van der Waals surface area contributed by atoms with Crippen molar-refractivity contribution in [3.8, 4) is 11.5 Å². The highest BCUT2D eigenvalue weighted by Crippen LogP contribution is 2.33. The van der Waals surface area contributed by atoms with Crippen LogP contribution in [0.2, 0.25) is 0 Å². The molecule has 2 aromatic rings. The maximum absolute atomic E-state index is 11.9. The van der Waals surface area contributed by atoms with Crippen molar-refractivity contribution in [2.75, 3.05) is 12.1 Å². The standard InChI is InChI=1S/C15H17N3O4/c1-15(2,3)13(19)16-14-18-17-12(22-14)7-9-4-5-10-11(6-9)21-8-20-10/h4-6H,7-8H2,1-3H3,(H,16,18,19). The van der Waals surface area contributed by atoms with Crippen LogP contribution in [-0.4, -0.2) is 22.9 Å². The molecule has 1 aromatic heterocycles. The minimum atomic E-state index is -0.522. The van der Waals surface area contributed by atoms with E-state index < -0.39 is 5.41 Å². The zero-order chi connectivity index (χ0) is 15.7. The number of carbonyl (C=O) groups is 1. The summed E-state index contributed by atoms with van der Waals surface area (Å²) in [5.74, 6) is 1.68. The van der Waals surface area contributed by atoms with Gasteiger partial charge in [0.05, 0.1) is 6.42 Å². The Hall–Kier alpha value is -2.57. The largest absolute Gasteiger partial charge is 0.454 e. The lowest BCUT2D eigenvalue weighted by Gasteiger charge is -2.15. The Morgan fingerprint density at radius 2 is 2.00 bits per heavy atom. The van der Waals surface area contributed by atoms with Crippen LogP contribution in [0.25, 0.3) is 0 Å². The van der Waals surface area contributed by atoms with Crippen molar-refractivity contribution in [2.45, 2.75) is 27.2 Å². The molecule has 7 heteroatoms. The number of benzene rings is 1. The molecular weight excluding hydrogens is 286 g/mol. The van der Waals surface area contributed by atoms with Gasteiger partial charge in [-0.15, -0.1) is 5.10 Å². The van der Waals surface area contributed by atoms with E-state index >= 15 is 0 Å². The Morgan fingerprint density at radius 1 is 1.23 bits per heavy atom. The van der Waals surface area contributed by atoms with Gasteiger partial charge in [-0.2, -0.15) is 0 Å². The van der Waals surface area contributed by atoms with E-state index in [1.807, 2.05) is 39.0 Å². The summed E-state index contributed by atoms with van der Waals surface area (Å²) >= 11 is 0. The van der Waals surface area contributed by atoms with Crippen LogP contribution in [-0.2, 0) is 11.2 Å². The van der Waals surface area contributed by atoms with Gasteiger partial charge in [0.25, 0.3) is 0 Å². The number of nitrogens with one attached hydrogen (secondary N) is 1. The Morgan fingerprint density at radius 3 is 2.77 bits per heavy atom. The normalized spacial score (nSPS) is 13.2. The molecule has 0 aliphatic carbocycles. The lowest BCUT2D eigenvalue weighted by molar-refractivity contribution is -0.123. The van der Waals surface area contributed by atoms with Crippen LogP contribution in [0.3, 0.4) is 0 Å². The number of fused-ring (bicyclic) bond motifs is 1. The van der Waals surface area contributed by atoms with E-state index in [4.69, 9.17) is 13.9 Å². The van der Waals surface area contributed by atoms with Crippen molar-refractivity contribution in [2.24, 2.45) is 5.41 Å². The van der Waals surface area contributed by atoms with Crippen LogP contribution in [0.15, 0.2) is 22.6 Å². The molecule has 0 unspecified atom stereocenters. The average Bonchev–Trinajstić information content (AvgIpc) is 3.06. The first-order chi connectivity index (χ1) is 10.4. The molecule has 2 heterocycles. The monoisotopic (exact) mass is 303 g/mol. The number of amides is 1. The molecule has 1 aliphatic heterocycles. The molecule has 3 rings (SSSR count).